The molecule has 0 bridgehead atoms. The molecular weight excluding hydrogens is 262 g/mol. The minimum absolute atomic E-state index is 0.0309. The summed E-state index contributed by atoms with van der Waals surface area (Å²) in [5.74, 6) is 2.89. The molecule has 21 heavy (non-hydrogen) atoms. The lowest BCUT2D eigenvalue weighted by Gasteiger charge is -2.19. The molecule has 0 radical (unpaired) electrons. The van der Waals surface area contributed by atoms with Gasteiger partial charge in [-0.05, 0) is 31.2 Å². The first-order valence-corrected chi connectivity index (χ1v) is 7.83. The van der Waals surface area contributed by atoms with Crippen LogP contribution in [0.2, 0.25) is 0 Å². The fraction of sp³-hybridized carbons (Fsp3) is 0.444. The van der Waals surface area contributed by atoms with Gasteiger partial charge in [-0.1, -0.05) is 39.0 Å². The molecule has 0 aliphatic heterocycles. The van der Waals surface area contributed by atoms with E-state index in [1.54, 1.807) is 0 Å². The summed E-state index contributed by atoms with van der Waals surface area (Å²) in [6.07, 6.45) is 1.91. The highest BCUT2D eigenvalue weighted by Gasteiger charge is 2.20. The molecule has 1 heterocycles. The maximum Gasteiger partial charge on any atom is 0.125 e. The number of hydrogen-bond acceptors (Lipinski definition) is 3. The van der Waals surface area contributed by atoms with Crippen molar-refractivity contribution in [3.05, 3.63) is 53.5 Å². The fourth-order valence-corrected chi connectivity index (χ4v) is 2.37. The van der Waals surface area contributed by atoms with Gasteiger partial charge in [-0.2, -0.15) is 0 Å². The van der Waals surface area contributed by atoms with Gasteiger partial charge in [0.1, 0.15) is 17.3 Å². The van der Waals surface area contributed by atoms with E-state index in [-0.39, 0.29) is 6.04 Å². The predicted octanol–water partition coefficient (Wildman–Crippen LogP) is 4.33. The Morgan fingerprint density at radius 3 is 2.57 bits per heavy atom. The monoisotopic (exact) mass is 287 g/mol. The van der Waals surface area contributed by atoms with E-state index < -0.39 is 0 Å². The van der Waals surface area contributed by atoms with E-state index in [1.165, 1.54) is 0 Å². The zero-order chi connectivity index (χ0) is 15.1. The van der Waals surface area contributed by atoms with Crippen molar-refractivity contribution in [2.75, 3.05) is 13.2 Å². The number of hydrogen-bond donors (Lipinski definition) is 1. The van der Waals surface area contributed by atoms with Crippen molar-refractivity contribution in [3.63, 3.8) is 0 Å². The number of ether oxygens (including phenoxy) is 1. The van der Waals surface area contributed by atoms with Crippen LogP contribution in [0.15, 0.2) is 40.8 Å². The lowest BCUT2D eigenvalue weighted by molar-refractivity contribution is 0.309. The summed E-state index contributed by atoms with van der Waals surface area (Å²) in [6, 6.07) is 12.3. The van der Waals surface area contributed by atoms with E-state index in [0.717, 1.165) is 48.8 Å². The number of rotatable bonds is 8. The molecule has 2 aromatic rings. The van der Waals surface area contributed by atoms with Crippen LogP contribution in [0.4, 0.5) is 0 Å². The number of para-hydroxylation sites is 1. The van der Waals surface area contributed by atoms with Crippen molar-refractivity contribution in [1.29, 1.82) is 0 Å². The van der Waals surface area contributed by atoms with E-state index in [0.29, 0.717) is 0 Å². The summed E-state index contributed by atoms with van der Waals surface area (Å²) in [6.45, 7) is 7.92. The zero-order valence-electron chi connectivity index (χ0n) is 13.2. The molecule has 0 aliphatic carbocycles. The van der Waals surface area contributed by atoms with Gasteiger partial charge in [0.15, 0.2) is 0 Å². The molecule has 1 atom stereocenters. The number of aryl methyl sites for hydroxylation is 1. The van der Waals surface area contributed by atoms with E-state index in [1.807, 2.05) is 18.2 Å². The predicted molar refractivity (Wildman–Crippen MR) is 85.8 cm³/mol. The summed E-state index contributed by atoms with van der Waals surface area (Å²) in [5.41, 5.74) is 1.13. The summed E-state index contributed by atoms with van der Waals surface area (Å²) < 4.78 is 11.8. The van der Waals surface area contributed by atoms with Gasteiger partial charge in [0.2, 0.25) is 0 Å². The van der Waals surface area contributed by atoms with Crippen molar-refractivity contribution in [3.8, 4) is 5.75 Å². The molecule has 1 N–H and O–H groups in total. The van der Waals surface area contributed by atoms with Crippen molar-refractivity contribution >= 4 is 0 Å². The molecular formula is C18H25NO2. The molecule has 2 rings (SSSR count). The first kappa shape index (κ1) is 15.6. The van der Waals surface area contributed by atoms with Gasteiger partial charge in [-0.25, -0.2) is 0 Å². The van der Waals surface area contributed by atoms with E-state index in [9.17, 15) is 0 Å². The van der Waals surface area contributed by atoms with E-state index >= 15 is 0 Å². The molecule has 3 heteroatoms. The van der Waals surface area contributed by atoms with Gasteiger partial charge >= 0.3 is 0 Å². The largest absolute Gasteiger partial charge is 0.493 e. The Bertz CT molecular complexity index is 548. The lowest BCUT2D eigenvalue weighted by atomic mass is 10.0. The smallest absolute Gasteiger partial charge is 0.125 e. The minimum atomic E-state index is 0.0309. The van der Waals surface area contributed by atoms with Gasteiger partial charge in [0.05, 0.1) is 12.6 Å². The average Bonchev–Trinajstić information content (AvgIpc) is 3.00. The highest BCUT2D eigenvalue weighted by atomic mass is 16.5. The highest BCUT2D eigenvalue weighted by molar-refractivity contribution is 5.39. The Morgan fingerprint density at radius 1 is 1.10 bits per heavy atom. The molecule has 1 aromatic heterocycles. The van der Waals surface area contributed by atoms with Crippen LogP contribution in [0.25, 0.3) is 0 Å². The Kier molecular flexibility index (Phi) is 5.88. The molecule has 1 aromatic carbocycles. The highest BCUT2D eigenvalue weighted by Crippen LogP contribution is 2.31. The third kappa shape index (κ3) is 3.88. The van der Waals surface area contributed by atoms with Gasteiger partial charge in [-0.3, -0.25) is 0 Å². The maximum atomic E-state index is 5.94. The molecule has 1 unspecified atom stereocenters. The summed E-state index contributed by atoms with van der Waals surface area (Å²) in [4.78, 5) is 0. The Balaban J connectivity index is 2.33. The summed E-state index contributed by atoms with van der Waals surface area (Å²) >= 11 is 0. The van der Waals surface area contributed by atoms with E-state index in [4.69, 9.17) is 9.15 Å². The van der Waals surface area contributed by atoms with Crippen LogP contribution < -0.4 is 10.1 Å². The van der Waals surface area contributed by atoms with Gasteiger partial charge in [-0.15, -0.1) is 0 Å². The Morgan fingerprint density at radius 2 is 1.90 bits per heavy atom. The van der Waals surface area contributed by atoms with Crippen LogP contribution in [0.5, 0.6) is 5.75 Å². The van der Waals surface area contributed by atoms with Crippen molar-refractivity contribution < 1.29 is 9.15 Å². The number of benzene rings is 1. The quantitative estimate of drug-likeness (QED) is 0.784. The fourth-order valence-electron chi connectivity index (χ4n) is 2.37. The molecule has 0 spiro atoms. The second kappa shape index (κ2) is 7.89. The van der Waals surface area contributed by atoms with Gasteiger partial charge in [0.25, 0.3) is 0 Å². The van der Waals surface area contributed by atoms with Crippen molar-refractivity contribution in [2.24, 2.45) is 0 Å². The van der Waals surface area contributed by atoms with Crippen LogP contribution >= 0.6 is 0 Å². The van der Waals surface area contributed by atoms with Crippen molar-refractivity contribution in [2.45, 2.75) is 39.7 Å². The summed E-state index contributed by atoms with van der Waals surface area (Å²) in [7, 11) is 0. The standard InChI is InChI=1S/C18H25NO2/c1-4-13-20-16-10-8-7-9-15(16)18(19-6-3)17-12-11-14(5-2)21-17/h7-12,18-19H,4-6,13H2,1-3H3. The Labute approximate surface area is 127 Å². The third-order valence-electron chi connectivity index (χ3n) is 3.42. The number of nitrogens with one attached hydrogen (secondary N) is 1. The van der Waals surface area contributed by atoms with Gasteiger partial charge in [0, 0.05) is 12.0 Å². The van der Waals surface area contributed by atoms with Crippen LogP contribution in [-0.2, 0) is 6.42 Å². The second-order valence-corrected chi connectivity index (χ2v) is 5.03. The van der Waals surface area contributed by atoms with Crippen LogP contribution in [0.3, 0.4) is 0 Å². The molecule has 0 aliphatic rings. The summed E-state index contributed by atoms with van der Waals surface area (Å²) in [5, 5.41) is 3.50. The van der Waals surface area contributed by atoms with E-state index in [2.05, 4.69) is 44.3 Å². The molecule has 0 saturated carbocycles. The molecule has 0 amide bonds. The first-order valence-electron chi connectivity index (χ1n) is 7.83. The molecule has 0 saturated heterocycles. The lowest BCUT2D eigenvalue weighted by Crippen LogP contribution is -2.22. The second-order valence-electron chi connectivity index (χ2n) is 5.03. The van der Waals surface area contributed by atoms with Crippen molar-refractivity contribution in [1.82, 2.24) is 5.32 Å². The average molecular weight is 287 g/mol. The van der Waals surface area contributed by atoms with Crippen LogP contribution in [0, 0.1) is 0 Å². The van der Waals surface area contributed by atoms with Crippen LogP contribution in [-0.4, -0.2) is 13.2 Å². The molecule has 114 valence electrons. The zero-order valence-corrected chi connectivity index (χ0v) is 13.2. The third-order valence-corrected chi connectivity index (χ3v) is 3.42. The maximum absolute atomic E-state index is 5.94. The normalized spacial score (nSPS) is 12.3. The van der Waals surface area contributed by atoms with Gasteiger partial charge < -0.3 is 14.5 Å². The van der Waals surface area contributed by atoms with Crippen LogP contribution in [0.1, 0.15) is 50.3 Å². The molecule has 3 nitrogen and oxygen atoms in total. The Hall–Kier alpha value is -1.74. The minimum Gasteiger partial charge on any atom is -0.493 e. The SMILES string of the molecule is CCCOc1ccccc1C(NCC)c1ccc(CC)o1. The number of furan rings is 1. The first-order chi connectivity index (χ1) is 10.3. The molecule has 0 fully saturated rings. The topological polar surface area (TPSA) is 34.4 Å².